The first-order valence-electron chi connectivity index (χ1n) is 5.54. The van der Waals surface area contributed by atoms with Crippen molar-refractivity contribution in [3.05, 3.63) is 5.69 Å². The van der Waals surface area contributed by atoms with Gasteiger partial charge in [0.05, 0.1) is 0 Å². The van der Waals surface area contributed by atoms with Crippen LogP contribution in [0, 0.1) is 0 Å². The molecule has 84 valence electrons. The Morgan fingerprint density at radius 1 is 1.40 bits per heavy atom. The number of aromatic nitrogens is 2. The van der Waals surface area contributed by atoms with Gasteiger partial charge in [-0.25, -0.2) is 0 Å². The number of hydrogen-bond acceptors (Lipinski definition) is 5. The molecular weight excluding hydrogens is 208 g/mol. The highest BCUT2D eigenvalue weighted by atomic mass is 32.1. The molecular formula is C10H18N4S. The molecule has 1 fully saturated rings. The second kappa shape index (κ2) is 4.90. The number of nitrogens with two attached hydrogens (primary N) is 1. The summed E-state index contributed by atoms with van der Waals surface area (Å²) in [4.78, 5) is 2.37. The number of rotatable bonds is 3. The minimum absolute atomic E-state index is 0.708. The van der Waals surface area contributed by atoms with Crippen LogP contribution in [0.1, 0.15) is 37.8 Å². The van der Waals surface area contributed by atoms with Crippen molar-refractivity contribution in [1.29, 1.82) is 0 Å². The van der Waals surface area contributed by atoms with Gasteiger partial charge in [0.2, 0.25) is 0 Å². The largest absolute Gasteiger partial charge is 0.388 e. The van der Waals surface area contributed by atoms with E-state index in [-0.39, 0.29) is 0 Å². The monoisotopic (exact) mass is 226 g/mol. The van der Waals surface area contributed by atoms with Crippen molar-refractivity contribution in [2.75, 3.05) is 12.8 Å². The summed E-state index contributed by atoms with van der Waals surface area (Å²) in [6, 6.07) is 0.708. The molecule has 1 aliphatic rings. The lowest BCUT2D eigenvalue weighted by molar-refractivity contribution is 0.183. The maximum absolute atomic E-state index is 5.79. The first-order chi connectivity index (χ1) is 7.27. The number of nitrogens with zero attached hydrogens (tertiary/aromatic N) is 3. The third-order valence-electron chi connectivity index (χ3n) is 3.18. The summed E-state index contributed by atoms with van der Waals surface area (Å²) >= 11 is 1.28. The molecule has 0 atom stereocenters. The molecule has 1 saturated carbocycles. The summed E-state index contributed by atoms with van der Waals surface area (Å²) in [5.74, 6) is 0. The normalized spacial score (nSPS) is 18.5. The lowest BCUT2D eigenvalue weighted by Crippen LogP contribution is -2.33. The lowest BCUT2D eigenvalue weighted by atomic mass is 9.94. The molecule has 1 aliphatic carbocycles. The van der Waals surface area contributed by atoms with Crippen molar-refractivity contribution in [3.63, 3.8) is 0 Å². The van der Waals surface area contributed by atoms with Gasteiger partial charge in [0.25, 0.3) is 0 Å². The predicted octanol–water partition coefficient (Wildman–Crippen LogP) is 1.88. The van der Waals surface area contributed by atoms with Crippen LogP contribution in [-0.4, -0.2) is 27.6 Å². The molecule has 1 heterocycles. The topological polar surface area (TPSA) is 55.0 Å². The van der Waals surface area contributed by atoms with E-state index in [9.17, 15) is 0 Å². The molecule has 5 heteroatoms. The van der Waals surface area contributed by atoms with Crippen molar-refractivity contribution in [1.82, 2.24) is 14.5 Å². The van der Waals surface area contributed by atoms with Crippen LogP contribution >= 0.6 is 11.5 Å². The molecule has 0 aliphatic heterocycles. The second-order valence-electron chi connectivity index (χ2n) is 4.29. The molecule has 2 rings (SSSR count). The summed E-state index contributed by atoms with van der Waals surface area (Å²) in [6.07, 6.45) is 6.74. The highest BCUT2D eigenvalue weighted by Crippen LogP contribution is 2.23. The molecule has 15 heavy (non-hydrogen) atoms. The van der Waals surface area contributed by atoms with Crippen LogP contribution in [0.25, 0.3) is 0 Å². The van der Waals surface area contributed by atoms with Gasteiger partial charge in [-0.3, -0.25) is 4.90 Å². The van der Waals surface area contributed by atoms with Gasteiger partial charge in [0.1, 0.15) is 10.7 Å². The number of hydrogen-bond donors (Lipinski definition) is 1. The maximum Gasteiger partial charge on any atom is 0.132 e. The number of nitrogen functional groups attached to an aromatic ring is 1. The zero-order valence-corrected chi connectivity index (χ0v) is 9.96. The Kier molecular flexibility index (Phi) is 3.53. The van der Waals surface area contributed by atoms with Crippen molar-refractivity contribution < 1.29 is 0 Å². The van der Waals surface area contributed by atoms with Crippen LogP contribution in [0.5, 0.6) is 0 Å². The first-order valence-corrected chi connectivity index (χ1v) is 6.31. The van der Waals surface area contributed by atoms with Gasteiger partial charge in [0.15, 0.2) is 0 Å². The molecule has 0 saturated heterocycles. The summed E-state index contributed by atoms with van der Waals surface area (Å²) < 4.78 is 3.86. The lowest BCUT2D eigenvalue weighted by Gasteiger charge is -2.30. The Bertz CT molecular complexity index is 306. The molecule has 4 nitrogen and oxygen atoms in total. The third-order valence-corrected chi connectivity index (χ3v) is 3.78. The summed E-state index contributed by atoms with van der Waals surface area (Å²) in [7, 11) is 2.16. The predicted molar refractivity (Wildman–Crippen MR) is 62.7 cm³/mol. The van der Waals surface area contributed by atoms with Gasteiger partial charge in [0, 0.05) is 24.1 Å². The minimum Gasteiger partial charge on any atom is -0.388 e. The van der Waals surface area contributed by atoms with Crippen LogP contribution in [0.15, 0.2) is 0 Å². The Balaban J connectivity index is 1.91. The van der Waals surface area contributed by atoms with Gasteiger partial charge in [-0.05, 0) is 19.9 Å². The fourth-order valence-corrected chi connectivity index (χ4v) is 2.65. The Labute approximate surface area is 94.6 Å². The quantitative estimate of drug-likeness (QED) is 0.855. The Hall–Kier alpha value is -0.680. The van der Waals surface area contributed by atoms with Crippen molar-refractivity contribution >= 4 is 16.5 Å². The van der Waals surface area contributed by atoms with Gasteiger partial charge < -0.3 is 5.73 Å². The van der Waals surface area contributed by atoms with Gasteiger partial charge in [-0.2, -0.15) is 0 Å². The maximum atomic E-state index is 5.79. The molecule has 1 aromatic heterocycles. The van der Waals surface area contributed by atoms with E-state index in [1.165, 1.54) is 43.6 Å². The van der Waals surface area contributed by atoms with Crippen LogP contribution < -0.4 is 5.73 Å². The molecule has 0 unspecified atom stereocenters. The average Bonchev–Trinajstić information content (AvgIpc) is 2.66. The van der Waals surface area contributed by atoms with Crippen LogP contribution in [0.3, 0.4) is 0 Å². The summed E-state index contributed by atoms with van der Waals surface area (Å²) in [5.41, 5.74) is 6.72. The summed E-state index contributed by atoms with van der Waals surface area (Å²) in [6.45, 7) is 0.840. The smallest absolute Gasteiger partial charge is 0.132 e. The van der Waals surface area contributed by atoms with Gasteiger partial charge >= 0.3 is 0 Å². The Morgan fingerprint density at radius 2 is 2.13 bits per heavy atom. The first kappa shape index (κ1) is 10.8. The third kappa shape index (κ3) is 2.66. The van der Waals surface area contributed by atoms with E-state index in [0.717, 1.165) is 17.2 Å². The molecule has 2 N–H and O–H groups in total. The van der Waals surface area contributed by atoms with Gasteiger partial charge in [-0.1, -0.05) is 23.8 Å². The van der Waals surface area contributed by atoms with E-state index >= 15 is 0 Å². The van der Waals surface area contributed by atoms with Crippen LogP contribution in [0.4, 0.5) is 5.00 Å². The SMILES string of the molecule is CN(Cc1nnsc1N)C1CCCCC1. The molecule has 0 bridgehead atoms. The Morgan fingerprint density at radius 3 is 2.73 bits per heavy atom. The zero-order chi connectivity index (χ0) is 10.7. The molecule has 0 aromatic carbocycles. The molecule has 0 spiro atoms. The minimum atomic E-state index is 0.708. The molecule has 0 radical (unpaired) electrons. The van der Waals surface area contributed by atoms with E-state index in [2.05, 4.69) is 21.5 Å². The van der Waals surface area contributed by atoms with Crippen molar-refractivity contribution in [2.45, 2.75) is 44.7 Å². The van der Waals surface area contributed by atoms with E-state index in [1.54, 1.807) is 0 Å². The van der Waals surface area contributed by atoms with E-state index in [1.807, 2.05) is 0 Å². The second-order valence-corrected chi connectivity index (χ2v) is 5.08. The highest BCUT2D eigenvalue weighted by Gasteiger charge is 2.19. The van der Waals surface area contributed by atoms with Gasteiger partial charge in [-0.15, -0.1) is 5.10 Å². The fourth-order valence-electron chi connectivity index (χ4n) is 2.21. The van der Waals surface area contributed by atoms with Crippen molar-refractivity contribution in [2.24, 2.45) is 0 Å². The standard InChI is InChI=1S/C10H18N4S/c1-14(8-5-3-2-4-6-8)7-9-10(11)15-13-12-9/h8H,2-7,11H2,1H3. The average molecular weight is 226 g/mol. The zero-order valence-electron chi connectivity index (χ0n) is 9.15. The summed E-state index contributed by atoms with van der Waals surface area (Å²) in [5, 5.41) is 4.81. The van der Waals surface area contributed by atoms with Crippen molar-refractivity contribution in [3.8, 4) is 0 Å². The van der Waals surface area contributed by atoms with Crippen LogP contribution in [0.2, 0.25) is 0 Å². The van der Waals surface area contributed by atoms with Crippen LogP contribution in [-0.2, 0) is 6.54 Å². The molecule has 0 amide bonds. The van der Waals surface area contributed by atoms with E-state index < -0.39 is 0 Å². The molecule has 1 aromatic rings. The number of anilines is 1. The highest BCUT2D eigenvalue weighted by molar-refractivity contribution is 7.09. The fraction of sp³-hybridized carbons (Fsp3) is 0.800. The van der Waals surface area contributed by atoms with E-state index in [0.29, 0.717) is 6.04 Å². The van der Waals surface area contributed by atoms with E-state index in [4.69, 9.17) is 5.73 Å².